The SMILES string of the molecule is Cn1nnnc1SCCCNCc1ccc(-c2ccccc2F)o1.[Cl-]. The Hall–Kier alpha value is -1.90. The van der Waals surface area contributed by atoms with Gasteiger partial charge in [-0.1, -0.05) is 23.9 Å². The number of rotatable bonds is 8. The number of thioether (sulfide) groups is 1. The van der Waals surface area contributed by atoms with Crippen LogP contribution in [0.25, 0.3) is 11.3 Å². The maximum Gasteiger partial charge on any atom is 0.209 e. The van der Waals surface area contributed by atoms with E-state index in [9.17, 15) is 4.39 Å². The van der Waals surface area contributed by atoms with E-state index in [0.717, 1.165) is 29.6 Å². The molecular weight excluding hydrogens is 365 g/mol. The first kappa shape index (κ1) is 19.4. The normalized spacial score (nSPS) is 10.6. The lowest BCUT2D eigenvalue weighted by Gasteiger charge is -2.03. The van der Waals surface area contributed by atoms with Crippen molar-refractivity contribution in [1.82, 2.24) is 25.5 Å². The average molecular weight is 383 g/mol. The summed E-state index contributed by atoms with van der Waals surface area (Å²) in [7, 11) is 1.82. The largest absolute Gasteiger partial charge is 1.00 e. The number of nitrogens with zero attached hydrogens (tertiary/aromatic N) is 4. The van der Waals surface area contributed by atoms with Crippen LogP contribution in [0.3, 0.4) is 0 Å². The third-order valence-electron chi connectivity index (χ3n) is 3.41. The van der Waals surface area contributed by atoms with Crippen LogP contribution in [0.15, 0.2) is 46.0 Å². The van der Waals surface area contributed by atoms with E-state index in [2.05, 4.69) is 20.8 Å². The predicted molar refractivity (Wildman–Crippen MR) is 89.9 cm³/mol. The van der Waals surface area contributed by atoms with Crippen molar-refractivity contribution >= 4 is 11.8 Å². The molecule has 25 heavy (non-hydrogen) atoms. The zero-order valence-electron chi connectivity index (χ0n) is 13.7. The monoisotopic (exact) mass is 382 g/mol. The number of aryl methyl sites for hydroxylation is 1. The molecule has 0 fully saturated rings. The molecule has 0 unspecified atom stereocenters. The molecule has 0 aliphatic heterocycles. The summed E-state index contributed by atoms with van der Waals surface area (Å²) in [5, 5.41) is 15.4. The maximum absolute atomic E-state index is 13.7. The summed E-state index contributed by atoms with van der Waals surface area (Å²) in [5.74, 6) is 2.00. The second kappa shape index (κ2) is 9.55. The quantitative estimate of drug-likeness (QED) is 0.433. The van der Waals surface area contributed by atoms with E-state index in [1.165, 1.54) is 6.07 Å². The summed E-state index contributed by atoms with van der Waals surface area (Å²) in [6.07, 6.45) is 0.985. The lowest BCUT2D eigenvalue weighted by Crippen LogP contribution is -3.00. The van der Waals surface area contributed by atoms with Gasteiger partial charge in [-0.3, -0.25) is 0 Å². The van der Waals surface area contributed by atoms with Crippen molar-refractivity contribution in [2.24, 2.45) is 7.05 Å². The van der Waals surface area contributed by atoms with Crippen LogP contribution in [-0.2, 0) is 13.6 Å². The zero-order valence-corrected chi connectivity index (χ0v) is 15.2. The van der Waals surface area contributed by atoms with Crippen molar-refractivity contribution in [3.8, 4) is 11.3 Å². The van der Waals surface area contributed by atoms with Crippen LogP contribution in [0.4, 0.5) is 4.39 Å². The van der Waals surface area contributed by atoms with Crippen LogP contribution in [0, 0.1) is 5.82 Å². The van der Waals surface area contributed by atoms with Gasteiger partial charge in [-0.05, 0) is 47.7 Å². The number of tetrazole rings is 1. The van der Waals surface area contributed by atoms with Crippen LogP contribution >= 0.6 is 11.8 Å². The van der Waals surface area contributed by atoms with Gasteiger partial charge in [0, 0.05) is 12.8 Å². The van der Waals surface area contributed by atoms with E-state index < -0.39 is 0 Å². The van der Waals surface area contributed by atoms with Crippen LogP contribution in [0.1, 0.15) is 12.2 Å². The molecule has 2 aromatic heterocycles. The Morgan fingerprint density at radius 3 is 2.84 bits per heavy atom. The fraction of sp³-hybridized carbons (Fsp3) is 0.312. The Bertz CT molecular complexity index is 794. The molecule has 1 N–H and O–H groups in total. The lowest BCUT2D eigenvalue weighted by molar-refractivity contribution is -0.00000626. The highest BCUT2D eigenvalue weighted by atomic mass is 35.5. The van der Waals surface area contributed by atoms with Crippen molar-refractivity contribution < 1.29 is 21.2 Å². The summed E-state index contributed by atoms with van der Waals surface area (Å²) in [6.45, 7) is 1.47. The summed E-state index contributed by atoms with van der Waals surface area (Å²) >= 11 is 1.62. The molecule has 6 nitrogen and oxygen atoms in total. The molecule has 9 heteroatoms. The highest BCUT2D eigenvalue weighted by Gasteiger charge is 2.08. The molecule has 0 bridgehead atoms. The van der Waals surface area contributed by atoms with Crippen LogP contribution < -0.4 is 17.7 Å². The van der Waals surface area contributed by atoms with Gasteiger partial charge >= 0.3 is 0 Å². The van der Waals surface area contributed by atoms with E-state index in [-0.39, 0.29) is 18.2 Å². The van der Waals surface area contributed by atoms with Gasteiger partial charge in [-0.15, -0.1) is 5.10 Å². The van der Waals surface area contributed by atoms with E-state index in [4.69, 9.17) is 4.42 Å². The van der Waals surface area contributed by atoms with Crippen molar-refractivity contribution in [2.75, 3.05) is 12.3 Å². The topological polar surface area (TPSA) is 68.8 Å². The maximum atomic E-state index is 13.7. The standard InChI is InChI=1S/C16H18FN5OS.ClH/c1-22-16(19-20-21-22)24-10-4-9-18-11-12-7-8-15(23-12)13-5-2-3-6-14(13)17;/h2-3,5-8,18H,4,9-11H2,1H3;1H/p-1. The second-order valence-electron chi connectivity index (χ2n) is 5.21. The molecule has 3 rings (SSSR count). The van der Waals surface area contributed by atoms with E-state index >= 15 is 0 Å². The third kappa shape index (κ3) is 5.29. The van der Waals surface area contributed by atoms with Gasteiger partial charge in [0.05, 0.1) is 12.1 Å². The fourth-order valence-electron chi connectivity index (χ4n) is 2.19. The van der Waals surface area contributed by atoms with Gasteiger partial charge in [0.2, 0.25) is 5.16 Å². The molecule has 0 spiro atoms. The first-order valence-electron chi connectivity index (χ1n) is 7.63. The van der Waals surface area contributed by atoms with Gasteiger partial charge in [0.1, 0.15) is 17.3 Å². The number of hydrogen-bond donors (Lipinski definition) is 1. The van der Waals surface area contributed by atoms with Crippen LogP contribution in [0.5, 0.6) is 0 Å². The van der Waals surface area contributed by atoms with E-state index in [1.807, 2.05) is 13.1 Å². The molecule has 134 valence electrons. The van der Waals surface area contributed by atoms with Crippen molar-refractivity contribution in [3.63, 3.8) is 0 Å². The average Bonchev–Trinajstić information content (AvgIpc) is 3.20. The second-order valence-corrected chi connectivity index (χ2v) is 6.27. The number of benzene rings is 1. The third-order valence-corrected chi connectivity index (χ3v) is 4.51. The van der Waals surface area contributed by atoms with E-state index in [1.54, 1.807) is 40.7 Å². The molecule has 1 aromatic carbocycles. The van der Waals surface area contributed by atoms with E-state index in [0.29, 0.717) is 17.9 Å². The molecular formula is C16H18ClFN5OS-. The van der Waals surface area contributed by atoms with Crippen LogP contribution in [-0.4, -0.2) is 32.5 Å². The Morgan fingerprint density at radius 1 is 1.24 bits per heavy atom. The zero-order chi connectivity index (χ0) is 16.8. The fourth-order valence-corrected chi connectivity index (χ4v) is 2.98. The molecule has 3 aromatic rings. The lowest BCUT2D eigenvalue weighted by atomic mass is 10.1. The summed E-state index contributed by atoms with van der Waals surface area (Å²) in [6, 6.07) is 10.3. The molecule has 0 aliphatic carbocycles. The first-order valence-corrected chi connectivity index (χ1v) is 8.62. The summed E-state index contributed by atoms with van der Waals surface area (Å²) < 4.78 is 21.1. The first-order chi connectivity index (χ1) is 11.7. The summed E-state index contributed by atoms with van der Waals surface area (Å²) in [5.41, 5.74) is 0.484. The number of halogens is 2. The highest BCUT2D eigenvalue weighted by molar-refractivity contribution is 7.99. The minimum absolute atomic E-state index is 0. The molecule has 0 saturated carbocycles. The Balaban J connectivity index is 0.00000225. The van der Waals surface area contributed by atoms with Gasteiger partial charge in [0.25, 0.3) is 0 Å². The number of nitrogens with one attached hydrogen (secondary N) is 1. The minimum Gasteiger partial charge on any atom is -1.00 e. The van der Waals surface area contributed by atoms with Gasteiger partial charge in [0.15, 0.2) is 0 Å². The molecule has 0 radical (unpaired) electrons. The molecule has 2 heterocycles. The molecule has 0 aliphatic rings. The van der Waals surface area contributed by atoms with Crippen molar-refractivity contribution in [3.05, 3.63) is 48.0 Å². The Labute approximate surface area is 155 Å². The number of aromatic nitrogens is 4. The Morgan fingerprint density at radius 2 is 2.08 bits per heavy atom. The van der Waals surface area contributed by atoms with Crippen molar-refractivity contribution in [1.29, 1.82) is 0 Å². The Kier molecular flexibility index (Phi) is 7.42. The smallest absolute Gasteiger partial charge is 0.209 e. The summed E-state index contributed by atoms with van der Waals surface area (Å²) in [4.78, 5) is 0. The van der Waals surface area contributed by atoms with Gasteiger partial charge in [-0.25, -0.2) is 9.07 Å². The van der Waals surface area contributed by atoms with Crippen LogP contribution in [0.2, 0.25) is 0 Å². The van der Waals surface area contributed by atoms with Crippen molar-refractivity contribution in [2.45, 2.75) is 18.1 Å². The van der Waals surface area contributed by atoms with Gasteiger partial charge in [-0.2, -0.15) is 0 Å². The minimum atomic E-state index is -0.276. The predicted octanol–water partition coefficient (Wildman–Crippen LogP) is -0.115. The number of furan rings is 1. The molecule has 0 amide bonds. The van der Waals surface area contributed by atoms with Gasteiger partial charge < -0.3 is 22.1 Å². The number of hydrogen-bond acceptors (Lipinski definition) is 6. The molecule has 0 atom stereocenters. The highest BCUT2D eigenvalue weighted by Crippen LogP contribution is 2.24. The molecule has 0 saturated heterocycles.